The van der Waals surface area contributed by atoms with Gasteiger partial charge in [0, 0.05) is 48.6 Å². The second-order valence-corrected chi connectivity index (χ2v) is 7.16. The van der Waals surface area contributed by atoms with Crippen LogP contribution in [-0.4, -0.2) is 38.0 Å². The number of likely N-dealkylation sites (tertiary alicyclic amines) is 1. The number of hydrogen-bond donors (Lipinski definition) is 1. The van der Waals surface area contributed by atoms with Crippen LogP contribution in [0.25, 0.3) is 11.1 Å². The molecule has 136 valence electrons. The summed E-state index contributed by atoms with van der Waals surface area (Å²) in [5.41, 5.74) is 5.76. The van der Waals surface area contributed by atoms with Crippen LogP contribution in [0.1, 0.15) is 35.7 Å². The lowest BCUT2D eigenvalue weighted by Crippen LogP contribution is -2.34. The van der Waals surface area contributed by atoms with E-state index in [0.717, 1.165) is 49.3 Å². The van der Waals surface area contributed by atoms with Crippen molar-refractivity contribution in [2.45, 2.75) is 32.2 Å². The number of aromatic nitrogens is 4. The van der Waals surface area contributed by atoms with E-state index in [-0.39, 0.29) is 5.82 Å². The first-order chi connectivity index (χ1) is 12.6. The highest BCUT2D eigenvalue weighted by Gasteiger charge is 2.25. The fraction of sp³-hybridized carbons (Fsp3) is 0.400. The molecule has 0 bridgehead atoms. The van der Waals surface area contributed by atoms with Crippen molar-refractivity contribution in [3.63, 3.8) is 0 Å². The number of hydrogen-bond acceptors (Lipinski definition) is 3. The highest BCUT2D eigenvalue weighted by Crippen LogP contribution is 2.33. The van der Waals surface area contributed by atoms with Crippen molar-refractivity contribution in [2.75, 3.05) is 13.1 Å². The Labute approximate surface area is 152 Å². The number of nitrogens with one attached hydrogen (secondary N) is 1. The summed E-state index contributed by atoms with van der Waals surface area (Å²) in [6.45, 7) is 5.14. The number of rotatable bonds is 4. The van der Waals surface area contributed by atoms with Crippen LogP contribution < -0.4 is 0 Å². The molecule has 0 radical (unpaired) electrons. The molecule has 1 unspecified atom stereocenters. The van der Waals surface area contributed by atoms with Gasteiger partial charge in [-0.25, -0.2) is 4.39 Å². The largest absolute Gasteiger partial charge is 0.298 e. The first-order valence-electron chi connectivity index (χ1n) is 9.11. The Morgan fingerprint density at radius 1 is 1.23 bits per heavy atom. The van der Waals surface area contributed by atoms with E-state index in [2.05, 4.69) is 27.1 Å². The van der Waals surface area contributed by atoms with E-state index in [0.29, 0.717) is 5.92 Å². The van der Waals surface area contributed by atoms with E-state index >= 15 is 0 Å². The summed E-state index contributed by atoms with van der Waals surface area (Å²) in [4.78, 5) is 2.49. The summed E-state index contributed by atoms with van der Waals surface area (Å²) in [5.74, 6) is 0.192. The molecule has 0 saturated carbocycles. The Morgan fingerprint density at radius 2 is 2.04 bits per heavy atom. The van der Waals surface area contributed by atoms with Crippen LogP contribution in [0.5, 0.6) is 0 Å². The maximum Gasteiger partial charge on any atom is 0.123 e. The van der Waals surface area contributed by atoms with Gasteiger partial charge in [0.05, 0.1) is 12.4 Å². The lowest BCUT2D eigenvalue weighted by atomic mass is 9.90. The molecule has 1 aromatic carbocycles. The molecular weight excluding hydrogens is 329 g/mol. The average molecular weight is 353 g/mol. The molecule has 0 spiro atoms. The molecule has 6 heteroatoms. The Balaban J connectivity index is 1.53. The summed E-state index contributed by atoms with van der Waals surface area (Å²) in [7, 11) is 1.98. The van der Waals surface area contributed by atoms with Crippen LogP contribution in [-0.2, 0) is 13.6 Å². The molecule has 5 nitrogen and oxygen atoms in total. The standard InChI is InChI=1S/C20H24FN5/c1-14-17(10-23-25(14)2)13-26-9-3-4-16(12-26)20-19(11-22-24-20)15-5-7-18(21)8-6-15/h5-8,10-11,16H,3-4,9,12-13H2,1-2H3,(H,22,24). The van der Waals surface area contributed by atoms with Crippen molar-refractivity contribution in [3.8, 4) is 11.1 Å². The highest BCUT2D eigenvalue weighted by atomic mass is 19.1. The first kappa shape index (κ1) is 17.0. The number of piperidine rings is 1. The summed E-state index contributed by atoms with van der Waals surface area (Å²) in [6, 6.07) is 6.65. The van der Waals surface area contributed by atoms with Crippen LogP contribution in [0, 0.1) is 12.7 Å². The van der Waals surface area contributed by atoms with Crippen molar-refractivity contribution < 1.29 is 4.39 Å². The fourth-order valence-corrected chi connectivity index (χ4v) is 3.84. The summed E-state index contributed by atoms with van der Waals surface area (Å²) in [5, 5.41) is 11.8. The topological polar surface area (TPSA) is 49.7 Å². The molecule has 26 heavy (non-hydrogen) atoms. The quantitative estimate of drug-likeness (QED) is 0.779. The predicted octanol–water partition coefficient (Wildman–Crippen LogP) is 3.64. The summed E-state index contributed by atoms with van der Waals surface area (Å²) >= 11 is 0. The van der Waals surface area contributed by atoms with Crippen molar-refractivity contribution in [1.29, 1.82) is 0 Å². The number of nitrogens with zero attached hydrogens (tertiary/aromatic N) is 4. The number of halogens is 1. The van der Waals surface area contributed by atoms with E-state index in [1.165, 1.54) is 23.4 Å². The summed E-state index contributed by atoms with van der Waals surface area (Å²) < 4.78 is 15.2. The van der Waals surface area contributed by atoms with Crippen LogP contribution in [0.15, 0.2) is 36.7 Å². The lowest BCUT2D eigenvalue weighted by molar-refractivity contribution is 0.198. The number of aromatic amines is 1. The molecule has 1 aliphatic heterocycles. The minimum absolute atomic E-state index is 0.213. The van der Waals surface area contributed by atoms with E-state index < -0.39 is 0 Å². The molecule has 1 fully saturated rings. The van der Waals surface area contributed by atoms with E-state index in [1.807, 2.05) is 36.3 Å². The molecular formula is C20H24FN5. The van der Waals surface area contributed by atoms with Gasteiger partial charge >= 0.3 is 0 Å². The van der Waals surface area contributed by atoms with Crippen LogP contribution in [0.2, 0.25) is 0 Å². The van der Waals surface area contributed by atoms with Crippen molar-refractivity contribution in [1.82, 2.24) is 24.9 Å². The van der Waals surface area contributed by atoms with Crippen LogP contribution >= 0.6 is 0 Å². The second-order valence-electron chi connectivity index (χ2n) is 7.16. The Bertz CT molecular complexity index is 880. The third-order valence-corrected chi connectivity index (χ3v) is 5.47. The molecule has 1 atom stereocenters. The Kier molecular flexibility index (Phi) is 4.59. The lowest BCUT2D eigenvalue weighted by Gasteiger charge is -2.32. The zero-order valence-electron chi connectivity index (χ0n) is 15.2. The highest BCUT2D eigenvalue weighted by molar-refractivity contribution is 5.65. The molecule has 1 N–H and O–H groups in total. The van der Waals surface area contributed by atoms with Gasteiger partial charge in [-0.1, -0.05) is 12.1 Å². The average Bonchev–Trinajstić information content (AvgIpc) is 3.25. The maximum atomic E-state index is 13.2. The fourth-order valence-electron chi connectivity index (χ4n) is 3.84. The van der Waals surface area contributed by atoms with Gasteiger partial charge < -0.3 is 0 Å². The van der Waals surface area contributed by atoms with E-state index in [4.69, 9.17) is 0 Å². The van der Waals surface area contributed by atoms with Gasteiger partial charge in [-0.3, -0.25) is 14.7 Å². The van der Waals surface area contributed by atoms with Gasteiger partial charge in [-0.15, -0.1) is 0 Å². The SMILES string of the molecule is Cc1c(CN2CCCC(c3[nH]ncc3-c3ccc(F)cc3)C2)cnn1C. The zero-order chi connectivity index (χ0) is 18.1. The van der Waals surface area contributed by atoms with Gasteiger partial charge in [0.15, 0.2) is 0 Å². The smallest absolute Gasteiger partial charge is 0.123 e. The van der Waals surface area contributed by atoms with Gasteiger partial charge in [-0.2, -0.15) is 10.2 Å². The number of aryl methyl sites for hydroxylation is 1. The third-order valence-electron chi connectivity index (χ3n) is 5.47. The minimum atomic E-state index is -0.213. The molecule has 3 aromatic rings. The van der Waals surface area contributed by atoms with Crippen molar-refractivity contribution in [3.05, 3.63) is 59.4 Å². The van der Waals surface area contributed by atoms with Crippen LogP contribution in [0.3, 0.4) is 0 Å². The summed E-state index contributed by atoms with van der Waals surface area (Å²) in [6.07, 6.45) is 6.12. The predicted molar refractivity (Wildman–Crippen MR) is 99.2 cm³/mol. The Hall–Kier alpha value is -2.47. The van der Waals surface area contributed by atoms with Gasteiger partial charge in [0.2, 0.25) is 0 Å². The molecule has 4 rings (SSSR count). The van der Waals surface area contributed by atoms with Gasteiger partial charge in [-0.05, 0) is 44.0 Å². The number of benzene rings is 1. The molecule has 0 aliphatic carbocycles. The molecule has 0 amide bonds. The monoisotopic (exact) mass is 353 g/mol. The van der Waals surface area contributed by atoms with Gasteiger partial charge in [0.25, 0.3) is 0 Å². The molecule has 1 saturated heterocycles. The maximum absolute atomic E-state index is 13.2. The minimum Gasteiger partial charge on any atom is -0.298 e. The molecule has 1 aliphatic rings. The van der Waals surface area contributed by atoms with Gasteiger partial charge in [0.1, 0.15) is 5.82 Å². The second kappa shape index (κ2) is 7.03. The normalized spacial score (nSPS) is 18.3. The third kappa shape index (κ3) is 3.29. The van der Waals surface area contributed by atoms with E-state index in [9.17, 15) is 4.39 Å². The Morgan fingerprint density at radius 3 is 2.77 bits per heavy atom. The van der Waals surface area contributed by atoms with E-state index in [1.54, 1.807) is 0 Å². The zero-order valence-corrected chi connectivity index (χ0v) is 15.2. The van der Waals surface area contributed by atoms with Crippen molar-refractivity contribution >= 4 is 0 Å². The van der Waals surface area contributed by atoms with Crippen molar-refractivity contribution in [2.24, 2.45) is 7.05 Å². The first-order valence-corrected chi connectivity index (χ1v) is 9.11. The number of H-pyrrole nitrogens is 1. The van der Waals surface area contributed by atoms with Crippen LogP contribution in [0.4, 0.5) is 4.39 Å². The molecule has 2 aromatic heterocycles. The molecule has 3 heterocycles.